The average Bonchev–Trinajstić information content (AvgIpc) is 2.40. The van der Waals surface area contributed by atoms with Gasteiger partial charge < -0.3 is 10.3 Å². The lowest BCUT2D eigenvalue weighted by Crippen LogP contribution is -2.49. The highest BCUT2D eigenvalue weighted by atomic mass is 16.2. The highest BCUT2D eigenvalue weighted by Gasteiger charge is 2.33. The van der Waals surface area contributed by atoms with E-state index in [-0.39, 0.29) is 11.3 Å². The number of hydrogen-bond acceptors (Lipinski definition) is 3. The zero-order valence-corrected chi connectivity index (χ0v) is 10.0. The summed E-state index contributed by atoms with van der Waals surface area (Å²) in [6, 6.07) is 6.61. The first kappa shape index (κ1) is 12.4. The van der Waals surface area contributed by atoms with E-state index in [1.807, 2.05) is 0 Å². The van der Waals surface area contributed by atoms with E-state index < -0.39 is 11.4 Å². The number of aromatic nitrogens is 1. The number of nitrogens with zero attached hydrogens (tertiary/aromatic N) is 1. The molecule has 0 aliphatic heterocycles. The van der Waals surface area contributed by atoms with Gasteiger partial charge in [0.15, 0.2) is 0 Å². The topological polar surface area (TPSA) is 85.8 Å². The molecule has 18 heavy (non-hydrogen) atoms. The molecule has 5 heteroatoms. The second-order valence-corrected chi connectivity index (χ2v) is 4.64. The fourth-order valence-electron chi connectivity index (χ4n) is 2.28. The molecular formula is C13H15N3O2. The smallest absolute Gasteiger partial charge is 0.269 e. The lowest BCUT2D eigenvalue weighted by molar-refractivity contribution is 0.0897. The van der Waals surface area contributed by atoms with Gasteiger partial charge in [-0.3, -0.25) is 9.59 Å². The molecule has 0 spiro atoms. The van der Waals surface area contributed by atoms with Crippen molar-refractivity contribution in [2.45, 2.75) is 37.6 Å². The Hall–Kier alpha value is -2.09. The largest absolute Gasteiger partial charge is 0.332 e. The number of rotatable bonds is 2. The summed E-state index contributed by atoms with van der Waals surface area (Å²) in [5.74, 6) is -0.392. The molecule has 0 atom stereocenters. The molecule has 0 bridgehead atoms. The van der Waals surface area contributed by atoms with Crippen LogP contribution in [0.4, 0.5) is 0 Å². The Labute approximate surface area is 105 Å². The van der Waals surface area contributed by atoms with E-state index in [9.17, 15) is 14.9 Å². The van der Waals surface area contributed by atoms with Gasteiger partial charge in [-0.2, -0.15) is 5.26 Å². The lowest BCUT2D eigenvalue weighted by Gasteiger charge is -2.31. The van der Waals surface area contributed by atoms with Crippen molar-refractivity contribution in [3.8, 4) is 6.07 Å². The maximum atomic E-state index is 12.0. The van der Waals surface area contributed by atoms with Gasteiger partial charge in [-0.1, -0.05) is 25.3 Å². The van der Waals surface area contributed by atoms with E-state index in [4.69, 9.17) is 0 Å². The third-order valence-corrected chi connectivity index (χ3v) is 3.29. The summed E-state index contributed by atoms with van der Waals surface area (Å²) in [4.78, 5) is 25.6. The highest BCUT2D eigenvalue weighted by molar-refractivity contribution is 5.93. The van der Waals surface area contributed by atoms with Crippen molar-refractivity contribution in [3.05, 3.63) is 34.2 Å². The van der Waals surface area contributed by atoms with Crippen molar-refractivity contribution in [3.63, 3.8) is 0 Å². The third kappa shape index (κ3) is 2.59. The standard InChI is InChI=1S/C13H15N3O2/c14-9-13(7-2-1-3-8-13)16-12(18)10-5-4-6-11(17)15-10/h4-6H,1-3,7-8H2,(H,15,17)(H,16,18). The first-order valence-corrected chi connectivity index (χ1v) is 6.08. The van der Waals surface area contributed by atoms with Crippen LogP contribution >= 0.6 is 0 Å². The normalized spacial score (nSPS) is 17.7. The minimum Gasteiger partial charge on any atom is -0.332 e. The van der Waals surface area contributed by atoms with Crippen molar-refractivity contribution < 1.29 is 4.79 Å². The Morgan fingerprint density at radius 3 is 2.67 bits per heavy atom. The van der Waals surface area contributed by atoms with Gasteiger partial charge >= 0.3 is 0 Å². The van der Waals surface area contributed by atoms with Crippen molar-refractivity contribution in [2.24, 2.45) is 0 Å². The van der Waals surface area contributed by atoms with Crippen LogP contribution in [0.2, 0.25) is 0 Å². The molecule has 1 aromatic rings. The number of carbonyl (C=O) groups excluding carboxylic acids is 1. The third-order valence-electron chi connectivity index (χ3n) is 3.29. The second-order valence-electron chi connectivity index (χ2n) is 4.64. The van der Waals surface area contributed by atoms with E-state index in [2.05, 4.69) is 16.4 Å². The van der Waals surface area contributed by atoms with Crippen molar-refractivity contribution >= 4 is 5.91 Å². The Morgan fingerprint density at radius 2 is 2.06 bits per heavy atom. The van der Waals surface area contributed by atoms with Crippen molar-refractivity contribution in [1.82, 2.24) is 10.3 Å². The van der Waals surface area contributed by atoms with Gasteiger partial charge in [0.1, 0.15) is 11.2 Å². The molecule has 5 nitrogen and oxygen atoms in total. The first-order valence-electron chi connectivity index (χ1n) is 6.08. The van der Waals surface area contributed by atoms with Crippen LogP contribution in [-0.2, 0) is 0 Å². The molecule has 1 saturated carbocycles. The van der Waals surface area contributed by atoms with E-state index in [0.717, 1.165) is 19.3 Å². The number of hydrogen-bond donors (Lipinski definition) is 2. The van der Waals surface area contributed by atoms with E-state index in [1.54, 1.807) is 0 Å². The van der Waals surface area contributed by atoms with Crippen LogP contribution in [0.15, 0.2) is 23.0 Å². The molecule has 0 radical (unpaired) electrons. The summed E-state index contributed by atoms with van der Waals surface area (Å²) in [5, 5.41) is 12.0. The van der Waals surface area contributed by atoms with Crippen LogP contribution in [0, 0.1) is 11.3 Å². The molecule has 1 aromatic heterocycles. The SMILES string of the molecule is N#CC1(NC(=O)c2cccc(=O)[nH]2)CCCCC1. The van der Waals surface area contributed by atoms with Gasteiger partial charge in [-0.15, -0.1) is 0 Å². The molecule has 2 N–H and O–H groups in total. The first-order chi connectivity index (χ1) is 8.65. The average molecular weight is 245 g/mol. The Bertz CT molecular complexity index is 536. The van der Waals surface area contributed by atoms with Gasteiger partial charge in [0.05, 0.1) is 6.07 Å². The molecule has 94 valence electrons. The predicted octanol–water partition coefficient (Wildman–Crippen LogP) is 1.33. The van der Waals surface area contributed by atoms with Crippen LogP contribution in [-0.4, -0.2) is 16.4 Å². The molecule has 1 amide bonds. The fraction of sp³-hybridized carbons (Fsp3) is 0.462. The minimum absolute atomic E-state index is 0.197. The Morgan fingerprint density at radius 1 is 1.33 bits per heavy atom. The molecule has 0 aromatic carbocycles. The van der Waals surface area contributed by atoms with Gasteiger partial charge in [0.2, 0.25) is 5.56 Å². The van der Waals surface area contributed by atoms with Crippen LogP contribution in [0.1, 0.15) is 42.6 Å². The zero-order chi connectivity index (χ0) is 13.0. The van der Waals surface area contributed by atoms with Gasteiger partial charge in [-0.25, -0.2) is 0 Å². The van der Waals surface area contributed by atoms with E-state index in [1.165, 1.54) is 18.2 Å². The van der Waals surface area contributed by atoms with E-state index >= 15 is 0 Å². The number of H-pyrrole nitrogens is 1. The summed E-state index contributed by atoms with van der Waals surface area (Å²) in [7, 11) is 0. The summed E-state index contributed by atoms with van der Waals surface area (Å²) in [6.45, 7) is 0. The molecule has 1 aliphatic rings. The quantitative estimate of drug-likeness (QED) is 0.824. The molecule has 1 heterocycles. The summed E-state index contributed by atoms with van der Waals surface area (Å²) in [6.07, 6.45) is 4.33. The van der Waals surface area contributed by atoms with Crippen LogP contribution in [0.3, 0.4) is 0 Å². The number of nitrogens with one attached hydrogen (secondary N) is 2. The maximum Gasteiger partial charge on any atom is 0.269 e. The minimum atomic E-state index is -0.776. The monoisotopic (exact) mass is 245 g/mol. The van der Waals surface area contributed by atoms with E-state index in [0.29, 0.717) is 12.8 Å². The van der Waals surface area contributed by atoms with Crippen molar-refractivity contribution in [2.75, 3.05) is 0 Å². The predicted molar refractivity (Wildman–Crippen MR) is 66.0 cm³/mol. The van der Waals surface area contributed by atoms with Crippen LogP contribution in [0.5, 0.6) is 0 Å². The van der Waals surface area contributed by atoms with Crippen molar-refractivity contribution in [1.29, 1.82) is 5.26 Å². The van der Waals surface area contributed by atoms with Crippen LogP contribution < -0.4 is 10.9 Å². The molecule has 2 rings (SSSR count). The fourth-order valence-corrected chi connectivity index (χ4v) is 2.28. The number of amides is 1. The Kier molecular flexibility index (Phi) is 3.47. The highest BCUT2D eigenvalue weighted by Crippen LogP contribution is 2.27. The zero-order valence-electron chi connectivity index (χ0n) is 10.0. The lowest BCUT2D eigenvalue weighted by atomic mass is 9.83. The number of aromatic amines is 1. The number of pyridine rings is 1. The summed E-state index contributed by atoms with van der Waals surface area (Å²) >= 11 is 0. The number of carbonyl (C=O) groups is 1. The number of nitriles is 1. The van der Waals surface area contributed by atoms with Gasteiger partial charge in [0, 0.05) is 6.07 Å². The van der Waals surface area contributed by atoms with Gasteiger partial charge in [-0.05, 0) is 18.9 Å². The molecule has 0 saturated heterocycles. The summed E-state index contributed by atoms with van der Waals surface area (Å²) < 4.78 is 0. The Balaban J connectivity index is 2.15. The van der Waals surface area contributed by atoms with Gasteiger partial charge in [0.25, 0.3) is 5.91 Å². The van der Waals surface area contributed by atoms with Crippen LogP contribution in [0.25, 0.3) is 0 Å². The maximum absolute atomic E-state index is 12.0. The molecule has 1 aliphatic carbocycles. The second kappa shape index (κ2) is 5.05. The molecule has 1 fully saturated rings. The molecular weight excluding hydrogens is 230 g/mol. The molecule has 0 unspecified atom stereocenters. The summed E-state index contributed by atoms with van der Waals surface area (Å²) in [5.41, 5.74) is -0.901.